The maximum Gasteiger partial charge on any atom is 0.125 e. The van der Waals surface area contributed by atoms with Crippen LogP contribution in [0.25, 0.3) is 0 Å². The van der Waals surface area contributed by atoms with Gasteiger partial charge in [-0.05, 0) is 43.0 Å². The lowest BCUT2D eigenvalue weighted by molar-refractivity contribution is 0.313. The van der Waals surface area contributed by atoms with Crippen LogP contribution < -0.4 is 5.73 Å². The Hall–Kier alpha value is -1.09. The second-order valence-electron chi connectivity index (χ2n) is 5.02. The molecule has 1 unspecified atom stereocenters. The van der Waals surface area contributed by atoms with Gasteiger partial charge in [0.2, 0.25) is 0 Å². The van der Waals surface area contributed by atoms with Crippen molar-refractivity contribution in [3.8, 4) is 0 Å². The van der Waals surface area contributed by atoms with Crippen molar-refractivity contribution >= 4 is 5.69 Å². The highest BCUT2D eigenvalue weighted by molar-refractivity contribution is 5.46. The second kappa shape index (κ2) is 5.50. The first-order valence-corrected chi connectivity index (χ1v) is 6.45. The average Bonchev–Trinajstić information content (AvgIpc) is 2.71. The van der Waals surface area contributed by atoms with Crippen LogP contribution in [0.3, 0.4) is 0 Å². The number of rotatable bonds is 4. The van der Waals surface area contributed by atoms with Crippen LogP contribution >= 0.6 is 0 Å². The fourth-order valence-electron chi connectivity index (χ4n) is 2.65. The summed E-state index contributed by atoms with van der Waals surface area (Å²) in [5, 5.41) is 0. The Balaban J connectivity index is 1.93. The van der Waals surface area contributed by atoms with Crippen LogP contribution in [0.15, 0.2) is 18.2 Å². The first kappa shape index (κ1) is 12.4. The second-order valence-corrected chi connectivity index (χ2v) is 5.02. The van der Waals surface area contributed by atoms with E-state index in [2.05, 4.69) is 11.8 Å². The molecule has 2 rings (SSSR count). The SMILES string of the molecule is CCCC1CCN(Cc2ccc(F)cc2N)C1. The van der Waals surface area contributed by atoms with Gasteiger partial charge in [0, 0.05) is 18.8 Å². The fourth-order valence-corrected chi connectivity index (χ4v) is 2.65. The third-order valence-electron chi connectivity index (χ3n) is 3.57. The third-order valence-corrected chi connectivity index (χ3v) is 3.57. The number of nitrogens with two attached hydrogens (primary N) is 1. The van der Waals surface area contributed by atoms with Crippen molar-refractivity contribution in [1.29, 1.82) is 0 Å². The van der Waals surface area contributed by atoms with Crippen molar-refractivity contribution in [1.82, 2.24) is 4.90 Å². The van der Waals surface area contributed by atoms with Crippen molar-refractivity contribution in [2.75, 3.05) is 18.8 Å². The molecule has 1 heterocycles. The minimum Gasteiger partial charge on any atom is -0.398 e. The number of likely N-dealkylation sites (tertiary alicyclic amines) is 1. The zero-order chi connectivity index (χ0) is 12.3. The van der Waals surface area contributed by atoms with Crippen molar-refractivity contribution in [3.63, 3.8) is 0 Å². The molecule has 3 heteroatoms. The number of hydrogen-bond donors (Lipinski definition) is 1. The summed E-state index contributed by atoms with van der Waals surface area (Å²) >= 11 is 0. The van der Waals surface area contributed by atoms with Gasteiger partial charge in [-0.1, -0.05) is 19.4 Å². The van der Waals surface area contributed by atoms with Gasteiger partial charge in [0.25, 0.3) is 0 Å². The van der Waals surface area contributed by atoms with Gasteiger partial charge in [-0.25, -0.2) is 4.39 Å². The predicted molar refractivity (Wildman–Crippen MR) is 69.1 cm³/mol. The maximum absolute atomic E-state index is 12.9. The Kier molecular flexibility index (Phi) is 4.00. The minimum absolute atomic E-state index is 0.253. The van der Waals surface area contributed by atoms with E-state index >= 15 is 0 Å². The largest absolute Gasteiger partial charge is 0.398 e. The highest BCUT2D eigenvalue weighted by atomic mass is 19.1. The summed E-state index contributed by atoms with van der Waals surface area (Å²) in [4.78, 5) is 2.42. The number of anilines is 1. The standard InChI is InChI=1S/C14H21FN2/c1-2-3-11-6-7-17(9-11)10-12-4-5-13(15)8-14(12)16/h4-5,8,11H,2-3,6-7,9-10,16H2,1H3. The monoisotopic (exact) mass is 236 g/mol. The van der Waals surface area contributed by atoms with Crippen LogP contribution in [0, 0.1) is 11.7 Å². The molecule has 1 aliphatic heterocycles. The highest BCUT2D eigenvalue weighted by Crippen LogP contribution is 2.24. The molecule has 0 bridgehead atoms. The minimum atomic E-state index is -0.253. The highest BCUT2D eigenvalue weighted by Gasteiger charge is 2.21. The number of nitrogens with zero attached hydrogens (tertiary/aromatic N) is 1. The topological polar surface area (TPSA) is 29.3 Å². The molecule has 94 valence electrons. The number of nitrogen functional groups attached to an aromatic ring is 1. The van der Waals surface area contributed by atoms with Crippen molar-refractivity contribution in [2.45, 2.75) is 32.7 Å². The Morgan fingerprint density at radius 1 is 1.47 bits per heavy atom. The van der Waals surface area contributed by atoms with Gasteiger partial charge in [0.05, 0.1) is 0 Å². The van der Waals surface area contributed by atoms with E-state index in [1.54, 1.807) is 6.07 Å². The van der Waals surface area contributed by atoms with Gasteiger partial charge >= 0.3 is 0 Å². The summed E-state index contributed by atoms with van der Waals surface area (Å²) in [6.07, 6.45) is 3.86. The fraction of sp³-hybridized carbons (Fsp3) is 0.571. The summed E-state index contributed by atoms with van der Waals surface area (Å²) in [5.41, 5.74) is 7.44. The maximum atomic E-state index is 12.9. The zero-order valence-corrected chi connectivity index (χ0v) is 10.5. The molecular weight excluding hydrogens is 215 g/mol. The Labute approximate surface area is 103 Å². The van der Waals surface area contributed by atoms with E-state index < -0.39 is 0 Å². The van der Waals surface area contributed by atoms with Gasteiger partial charge < -0.3 is 5.73 Å². The van der Waals surface area contributed by atoms with Crippen LogP contribution in [0.2, 0.25) is 0 Å². The molecule has 0 saturated carbocycles. The molecular formula is C14H21FN2. The van der Waals surface area contributed by atoms with Crippen molar-refractivity contribution in [2.24, 2.45) is 5.92 Å². The van der Waals surface area contributed by atoms with Crippen molar-refractivity contribution < 1.29 is 4.39 Å². The van der Waals surface area contributed by atoms with E-state index in [1.165, 1.54) is 31.4 Å². The first-order valence-electron chi connectivity index (χ1n) is 6.45. The smallest absolute Gasteiger partial charge is 0.125 e. The molecule has 0 radical (unpaired) electrons. The molecule has 0 aromatic heterocycles. The summed E-state index contributed by atoms with van der Waals surface area (Å²) in [7, 11) is 0. The van der Waals surface area contributed by atoms with E-state index in [1.807, 2.05) is 0 Å². The summed E-state index contributed by atoms with van der Waals surface area (Å²) in [5.74, 6) is 0.582. The van der Waals surface area contributed by atoms with Gasteiger partial charge in [-0.2, -0.15) is 0 Å². The van der Waals surface area contributed by atoms with E-state index in [-0.39, 0.29) is 5.82 Å². The van der Waals surface area contributed by atoms with Gasteiger partial charge in [-0.3, -0.25) is 4.90 Å². The molecule has 0 spiro atoms. The Morgan fingerprint density at radius 3 is 3.00 bits per heavy atom. The number of halogens is 1. The Morgan fingerprint density at radius 2 is 2.29 bits per heavy atom. The quantitative estimate of drug-likeness (QED) is 0.814. The van der Waals surface area contributed by atoms with E-state index in [4.69, 9.17) is 5.73 Å². The number of benzene rings is 1. The average molecular weight is 236 g/mol. The zero-order valence-electron chi connectivity index (χ0n) is 10.5. The predicted octanol–water partition coefficient (Wildman–Crippen LogP) is 3.03. The number of hydrogen-bond acceptors (Lipinski definition) is 2. The molecule has 2 N–H and O–H groups in total. The molecule has 1 saturated heterocycles. The first-order chi connectivity index (χ1) is 8.19. The van der Waals surface area contributed by atoms with Crippen LogP contribution in [0.4, 0.5) is 10.1 Å². The normalized spacial score (nSPS) is 20.9. The molecule has 0 aliphatic carbocycles. The van der Waals surface area contributed by atoms with Gasteiger partial charge in [0.15, 0.2) is 0 Å². The van der Waals surface area contributed by atoms with E-state index in [0.717, 1.165) is 31.1 Å². The Bertz CT molecular complexity index is 378. The van der Waals surface area contributed by atoms with E-state index in [0.29, 0.717) is 5.69 Å². The van der Waals surface area contributed by atoms with Crippen LogP contribution in [0.1, 0.15) is 31.7 Å². The third kappa shape index (κ3) is 3.19. The molecule has 17 heavy (non-hydrogen) atoms. The summed E-state index contributed by atoms with van der Waals surface area (Å²) in [6.45, 7) is 5.39. The molecule has 0 amide bonds. The molecule has 2 nitrogen and oxygen atoms in total. The summed E-state index contributed by atoms with van der Waals surface area (Å²) < 4.78 is 12.9. The molecule has 1 aliphatic rings. The lowest BCUT2D eigenvalue weighted by Crippen LogP contribution is -2.20. The lowest BCUT2D eigenvalue weighted by atomic mass is 10.0. The van der Waals surface area contributed by atoms with Crippen LogP contribution in [-0.2, 0) is 6.54 Å². The molecule has 1 atom stereocenters. The van der Waals surface area contributed by atoms with E-state index in [9.17, 15) is 4.39 Å². The molecule has 1 aromatic rings. The van der Waals surface area contributed by atoms with Gasteiger partial charge in [0.1, 0.15) is 5.82 Å². The molecule has 1 aromatic carbocycles. The van der Waals surface area contributed by atoms with Crippen LogP contribution in [-0.4, -0.2) is 18.0 Å². The van der Waals surface area contributed by atoms with Crippen molar-refractivity contribution in [3.05, 3.63) is 29.6 Å². The van der Waals surface area contributed by atoms with Crippen LogP contribution in [0.5, 0.6) is 0 Å². The van der Waals surface area contributed by atoms with Gasteiger partial charge in [-0.15, -0.1) is 0 Å². The summed E-state index contributed by atoms with van der Waals surface area (Å²) in [6, 6.07) is 4.71. The lowest BCUT2D eigenvalue weighted by Gasteiger charge is -2.17. The molecule has 1 fully saturated rings.